The van der Waals surface area contributed by atoms with Crippen molar-refractivity contribution in [3.05, 3.63) is 28.8 Å². The largest absolute Gasteiger partial charge is 0.508 e. The highest BCUT2D eigenvalue weighted by atomic mass is 16.3. The van der Waals surface area contributed by atoms with E-state index in [0.717, 1.165) is 17.5 Å². The highest BCUT2D eigenvalue weighted by Gasteiger charge is 2.12. The van der Waals surface area contributed by atoms with Crippen molar-refractivity contribution in [3.8, 4) is 5.75 Å². The molecule has 0 radical (unpaired) electrons. The van der Waals surface area contributed by atoms with Gasteiger partial charge in [-0.25, -0.2) is 0 Å². The molecule has 2 nitrogen and oxygen atoms in total. The van der Waals surface area contributed by atoms with Gasteiger partial charge in [-0.15, -0.1) is 0 Å². The number of aryl methyl sites for hydroxylation is 2. The van der Waals surface area contributed by atoms with Crippen molar-refractivity contribution in [3.63, 3.8) is 0 Å². The molecule has 0 saturated carbocycles. The summed E-state index contributed by atoms with van der Waals surface area (Å²) >= 11 is 0. The minimum atomic E-state index is 0.104. The molecule has 0 amide bonds. The average Bonchev–Trinajstić information content (AvgIpc) is 2.16. The van der Waals surface area contributed by atoms with Crippen LogP contribution in [0, 0.1) is 13.8 Å². The van der Waals surface area contributed by atoms with Gasteiger partial charge in [-0.1, -0.05) is 26.2 Å². The van der Waals surface area contributed by atoms with E-state index < -0.39 is 0 Å². The van der Waals surface area contributed by atoms with Crippen LogP contribution in [-0.2, 0) is 0 Å². The van der Waals surface area contributed by atoms with Gasteiger partial charge in [0.15, 0.2) is 0 Å². The van der Waals surface area contributed by atoms with Gasteiger partial charge in [0.05, 0.1) is 0 Å². The molecule has 3 N–H and O–H groups in total. The molecule has 0 aliphatic rings. The van der Waals surface area contributed by atoms with Crippen LogP contribution in [0.1, 0.15) is 55.3 Å². The van der Waals surface area contributed by atoms with Crippen molar-refractivity contribution >= 4 is 0 Å². The lowest BCUT2D eigenvalue weighted by Gasteiger charge is -2.17. The lowest BCUT2D eigenvalue weighted by molar-refractivity contribution is 0.473. The Kier molecular flexibility index (Phi) is 4.81. The first-order valence-corrected chi connectivity index (χ1v) is 6.12. The molecule has 1 atom stereocenters. The van der Waals surface area contributed by atoms with Gasteiger partial charge in [0.1, 0.15) is 5.75 Å². The molecule has 0 spiro atoms. The standard InChI is InChI=1S/C14H23NO/c1-4-5-6-7-13(15)14-10(2)8-12(16)9-11(14)3/h8-9,13,16H,4-7,15H2,1-3H3/t13-/m0/s1. The normalized spacial score (nSPS) is 12.8. The zero-order valence-electron chi connectivity index (χ0n) is 10.6. The van der Waals surface area contributed by atoms with E-state index in [1.165, 1.54) is 24.8 Å². The first kappa shape index (κ1) is 13.0. The van der Waals surface area contributed by atoms with Crippen molar-refractivity contribution in [1.29, 1.82) is 0 Å². The Morgan fingerprint density at radius 3 is 2.25 bits per heavy atom. The maximum atomic E-state index is 9.47. The van der Waals surface area contributed by atoms with Crippen LogP contribution in [0.15, 0.2) is 12.1 Å². The number of hydrogen-bond acceptors (Lipinski definition) is 2. The molecule has 0 aliphatic carbocycles. The molecular formula is C14H23NO. The van der Waals surface area contributed by atoms with Gasteiger partial charge in [-0.05, 0) is 49.1 Å². The van der Waals surface area contributed by atoms with Crippen molar-refractivity contribution < 1.29 is 5.11 Å². The highest BCUT2D eigenvalue weighted by Crippen LogP contribution is 2.27. The molecule has 0 aromatic heterocycles. The summed E-state index contributed by atoms with van der Waals surface area (Å²) in [5.41, 5.74) is 9.61. The summed E-state index contributed by atoms with van der Waals surface area (Å²) < 4.78 is 0. The number of hydrogen-bond donors (Lipinski definition) is 2. The molecular weight excluding hydrogens is 198 g/mol. The molecule has 16 heavy (non-hydrogen) atoms. The fraction of sp³-hybridized carbons (Fsp3) is 0.571. The third kappa shape index (κ3) is 3.24. The van der Waals surface area contributed by atoms with Gasteiger partial charge in [0.2, 0.25) is 0 Å². The van der Waals surface area contributed by atoms with Crippen LogP contribution in [-0.4, -0.2) is 5.11 Å². The summed E-state index contributed by atoms with van der Waals surface area (Å²) in [7, 11) is 0. The number of unbranched alkanes of at least 4 members (excludes halogenated alkanes) is 2. The van der Waals surface area contributed by atoms with Crippen molar-refractivity contribution in [2.24, 2.45) is 5.73 Å². The van der Waals surface area contributed by atoms with E-state index in [-0.39, 0.29) is 6.04 Å². The summed E-state index contributed by atoms with van der Waals surface area (Å²) in [6.07, 6.45) is 4.67. The first-order chi connectivity index (χ1) is 7.56. The predicted molar refractivity (Wildman–Crippen MR) is 68.7 cm³/mol. The second kappa shape index (κ2) is 5.90. The molecule has 0 saturated heterocycles. The van der Waals surface area contributed by atoms with Gasteiger partial charge in [0.25, 0.3) is 0 Å². The molecule has 0 aliphatic heterocycles. The summed E-state index contributed by atoms with van der Waals surface area (Å²) in [5, 5.41) is 9.47. The first-order valence-electron chi connectivity index (χ1n) is 6.12. The van der Waals surface area contributed by atoms with Crippen molar-refractivity contribution in [2.75, 3.05) is 0 Å². The van der Waals surface area contributed by atoms with Crippen molar-refractivity contribution in [2.45, 2.75) is 52.5 Å². The predicted octanol–water partition coefficient (Wildman–Crippen LogP) is 3.59. The molecule has 1 aromatic carbocycles. The minimum Gasteiger partial charge on any atom is -0.508 e. The summed E-state index contributed by atoms with van der Waals surface area (Å²) in [4.78, 5) is 0. The van der Waals surface area contributed by atoms with Gasteiger partial charge in [0, 0.05) is 6.04 Å². The highest BCUT2D eigenvalue weighted by molar-refractivity contribution is 5.42. The van der Waals surface area contributed by atoms with Gasteiger partial charge in [-0.3, -0.25) is 0 Å². The lowest BCUT2D eigenvalue weighted by atomic mass is 9.93. The van der Waals surface area contributed by atoms with E-state index in [9.17, 15) is 5.11 Å². The maximum Gasteiger partial charge on any atom is 0.116 e. The molecule has 0 unspecified atom stereocenters. The second-order valence-corrected chi connectivity index (χ2v) is 4.60. The monoisotopic (exact) mass is 221 g/mol. The Morgan fingerprint density at radius 1 is 1.19 bits per heavy atom. The molecule has 0 fully saturated rings. The number of nitrogens with two attached hydrogens (primary N) is 1. The van der Waals surface area contributed by atoms with Crippen LogP contribution in [0.4, 0.5) is 0 Å². The van der Waals surface area contributed by atoms with E-state index in [4.69, 9.17) is 5.73 Å². The summed E-state index contributed by atoms with van der Waals surface area (Å²) in [6, 6.07) is 3.69. The SMILES string of the molecule is CCCCC[C@H](N)c1c(C)cc(O)cc1C. The van der Waals surface area contributed by atoms with Crippen LogP contribution in [0.5, 0.6) is 5.75 Å². The molecule has 90 valence electrons. The van der Waals surface area contributed by atoms with Crippen LogP contribution < -0.4 is 5.73 Å². The molecule has 0 heterocycles. The van der Waals surface area contributed by atoms with E-state index >= 15 is 0 Å². The third-order valence-corrected chi connectivity index (χ3v) is 3.07. The number of phenolic OH excluding ortho intramolecular Hbond substituents is 1. The van der Waals surface area contributed by atoms with E-state index in [1.807, 2.05) is 13.8 Å². The van der Waals surface area contributed by atoms with Gasteiger partial charge < -0.3 is 10.8 Å². The Hall–Kier alpha value is -1.02. The second-order valence-electron chi connectivity index (χ2n) is 4.60. The zero-order valence-corrected chi connectivity index (χ0v) is 10.6. The Labute approximate surface area is 98.5 Å². The molecule has 1 aromatic rings. The Morgan fingerprint density at radius 2 is 1.75 bits per heavy atom. The Bertz CT molecular complexity index is 324. The topological polar surface area (TPSA) is 46.2 Å². The third-order valence-electron chi connectivity index (χ3n) is 3.07. The van der Waals surface area contributed by atoms with E-state index in [0.29, 0.717) is 5.75 Å². The summed E-state index contributed by atoms with van der Waals surface area (Å²) in [6.45, 7) is 6.23. The van der Waals surface area contributed by atoms with Gasteiger partial charge >= 0.3 is 0 Å². The number of benzene rings is 1. The fourth-order valence-corrected chi connectivity index (χ4v) is 2.30. The fourth-order valence-electron chi connectivity index (χ4n) is 2.30. The van der Waals surface area contributed by atoms with Crippen LogP contribution in [0.2, 0.25) is 0 Å². The molecule has 0 bridgehead atoms. The minimum absolute atomic E-state index is 0.104. The summed E-state index contributed by atoms with van der Waals surface area (Å²) in [5.74, 6) is 0.333. The smallest absolute Gasteiger partial charge is 0.116 e. The van der Waals surface area contributed by atoms with Crippen LogP contribution in [0.25, 0.3) is 0 Å². The number of phenols is 1. The van der Waals surface area contributed by atoms with Crippen LogP contribution in [0.3, 0.4) is 0 Å². The van der Waals surface area contributed by atoms with E-state index in [1.54, 1.807) is 12.1 Å². The molecule has 2 heteroatoms. The maximum absolute atomic E-state index is 9.47. The van der Waals surface area contributed by atoms with Crippen LogP contribution >= 0.6 is 0 Å². The van der Waals surface area contributed by atoms with E-state index in [2.05, 4.69) is 6.92 Å². The lowest BCUT2D eigenvalue weighted by Crippen LogP contribution is -2.13. The van der Waals surface area contributed by atoms with Crippen molar-refractivity contribution in [1.82, 2.24) is 0 Å². The number of rotatable bonds is 5. The molecule has 1 rings (SSSR count). The average molecular weight is 221 g/mol. The Balaban J connectivity index is 2.78. The zero-order chi connectivity index (χ0) is 12.1. The quantitative estimate of drug-likeness (QED) is 0.746. The number of aromatic hydroxyl groups is 1. The van der Waals surface area contributed by atoms with Gasteiger partial charge in [-0.2, -0.15) is 0 Å².